The van der Waals surface area contributed by atoms with Gasteiger partial charge in [0.15, 0.2) is 0 Å². The minimum Gasteiger partial charge on any atom is -0.492 e. The number of hydrogen-bond donors (Lipinski definition) is 3. The maximum absolute atomic E-state index is 12.8. The molecular formula is C30H43ClN4O4. The summed E-state index contributed by atoms with van der Waals surface area (Å²) in [6.07, 6.45) is 22.1. The summed E-state index contributed by atoms with van der Waals surface area (Å²) in [6, 6.07) is -0.313. The first-order valence-electron chi connectivity index (χ1n) is 13.7. The largest absolute Gasteiger partial charge is 0.492 e. The molecule has 0 aromatic heterocycles. The molecule has 3 rings (SSSR count). The highest BCUT2D eigenvalue weighted by Crippen LogP contribution is 2.33. The van der Waals surface area contributed by atoms with Crippen LogP contribution in [0.15, 0.2) is 71.0 Å². The molecule has 0 aromatic carbocycles. The molecule has 2 aliphatic carbocycles. The number of nitrogens with zero attached hydrogens (tertiary/aromatic N) is 1. The molecule has 1 saturated carbocycles. The van der Waals surface area contributed by atoms with Crippen LogP contribution < -0.4 is 16.0 Å². The third kappa shape index (κ3) is 13.0. The van der Waals surface area contributed by atoms with Crippen molar-refractivity contribution < 1.29 is 19.1 Å². The van der Waals surface area contributed by atoms with Gasteiger partial charge in [0.1, 0.15) is 12.4 Å². The van der Waals surface area contributed by atoms with Crippen molar-refractivity contribution in [1.29, 1.82) is 0 Å². The first-order valence-corrected chi connectivity index (χ1v) is 14.1. The van der Waals surface area contributed by atoms with Crippen molar-refractivity contribution in [2.75, 3.05) is 39.8 Å². The van der Waals surface area contributed by atoms with Crippen molar-refractivity contribution in [2.24, 2.45) is 5.92 Å². The van der Waals surface area contributed by atoms with E-state index in [0.717, 1.165) is 48.5 Å². The van der Waals surface area contributed by atoms with E-state index in [0.29, 0.717) is 25.6 Å². The standard InChI is InChI=1S/C22H32N4O4.C8H11Cl/c1-26-15-20(28)25-14-19(27)23-11-5-7-16-6-3-2-4-8-18(16)30-13-12-24-21(22(26)29)17-9-10-17;1-3-5-7-8(9)6-4-2/h3-4,6,8,17,21,24H,2,5,7,9-15H2,1H3,(H,23,27)(H,25,28);3-7H,1-2H3/b;5-3+,6-4-,8-7+. The quantitative estimate of drug-likeness (QED) is 0.456. The molecule has 3 aliphatic rings. The van der Waals surface area contributed by atoms with Crippen LogP contribution >= 0.6 is 11.6 Å². The van der Waals surface area contributed by atoms with E-state index in [1.54, 1.807) is 7.05 Å². The van der Waals surface area contributed by atoms with E-state index in [-0.39, 0.29) is 36.9 Å². The molecule has 0 spiro atoms. The highest BCUT2D eigenvalue weighted by atomic mass is 35.5. The monoisotopic (exact) mass is 558 g/mol. The second-order valence-corrected chi connectivity index (χ2v) is 9.99. The third-order valence-corrected chi connectivity index (χ3v) is 6.43. The van der Waals surface area contributed by atoms with Gasteiger partial charge in [-0.2, -0.15) is 0 Å². The summed E-state index contributed by atoms with van der Waals surface area (Å²) in [5.41, 5.74) is 1.10. The van der Waals surface area contributed by atoms with Gasteiger partial charge < -0.3 is 25.6 Å². The second-order valence-electron chi connectivity index (χ2n) is 9.55. The number of rotatable bonds is 3. The van der Waals surface area contributed by atoms with Crippen LogP contribution in [0.5, 0.6) is 0 Å². The summed E-state index contributed by atoms with van der Waals surface area (Å²) in [7, 11) is 1.62. The Balaban J connectivity index is 0.000000510. The number of carbonyl (C=O) groups excluding carboxylic acids is 3. The van der Waals surface area contributed by atoms with E-state index in [4.69, 9.17) is 16.3 Å². The fourth-order valence-electron chi connectivity index (χ4n) is 4.00. The maximum Gasteiger partial charge on any atom is 0.240 e. The van der Waals surface area contributed by atoms with Gasteiger partial charge in [0, 0.05) is 25.2 Å². The molecule has 1 unspecified atom stereocenters. The topological polar surface area (TPSA) is 99.8 Å². The fraction of sp³-hybridized carbons (Fsp3) is 0.500. The highest BCUT2D eigenvalue weighted by Gasteiger charge is 2.37. The number of carbonyl (C=O) groups is 3. The normalized spacial score (nSPS) is 22.8. The first-order chi connectivity index (χ1) is 18.8. The number of likely N-dealkylation sites (N-methyl/N-ethyl adjacent to an activating group) is 1. The molecule has 3 N–H and O–H groups in total. The zero-order valence-corrected chi connectivity index (χ0v) is 24.1. The zero-order valence-electron chi connectivity index (χ0n) is 23.4. The van der Waals surface area contributed by atoms with Crippen LogP contribution in [0.2, 0.25) is 0 Å². The van der Waals surface area contributed by atoms with Crippen LogP contribution in [0.1, 0.15) is 46.0 Å². The van der Waals surface area contributed by atoms with Gasteiger partial charge in [-0.3, -0.25) is 14.4 Å². The summed E-state index contributed by atoms with van der Waals surface area (Å²) in [5.74, 6) is 0.463. The molecule has 9 heteroatoms. The van der Waals surface area contributed by atoms with Gasteiger partial charge in [-0.05, 0) is 75.7 Å². The van der Waals surface area contributed by atoms with E-state index in [9.17, 15) is 14.4 Å². The Morgan fingerprint density at radius 1 is 1.05 bits per heavy atom. The molecule has 1 fully saturated rings. The molecule has 214 valence electrons. The number of halogens is 1. The molecule has 0 radical (unpaired) electrons. The first kappa shape index (κ1) is 32.1. The highest BCUT2D eigenvalue weighted by molar-refractivity contribution is 6.31. The van der Waals surface area contributed by atoms with Crippen molar-refractivity contribution >= 4 is 29.3 Å². The predicted octanol–water partition coefficient (Wildman–Crippen LogP) is 3.89. The molecule has 3 amide bonds. The van der Waals surface area contributed by atoms with Crippen LogP contribution in [0.4, 0.5) is 0 Å². The van der Waals surface area contributed by atoms with E-state index in [1.807, 2.05) is 50.3 Å². The molecule has 0 bridgehead atoms. The van der Waals surface area contributed by atoms with Crippen molar-refractivity contribution in [3.05, 3.63) is 71.0 Å². The second kappa shape index (κ2) is 18.2. The number of ether oxygens (including phenoxy) is 1. The van der Waals surface area contributed by atoms with Crippen LogP contribution in [0.3, 0.4) is 0 Å². The van der Waals surface area contributed by atoms with Gasteiger partial charge in [0.25, 0.3) is 0 Å². The predicted molar refractivity (Wildman–Crippen MR) is 157 cm³/mol. The average Bonchev–Trinajstić information content (AvgIpc) is 3.77. The smallest absolute Gasteiger partial charge is 0.240 e. The lowest BCUT2D eigenvalue weighted by Gasteiger charge is -2.24. The van der Waals surface area contributed by atoms with Gasteiger partial charge in [-0.1, -0.05) is 48.1 Å². The summed E-state index contributed by atoms with van der Waals surface area (Å²) < 4.78 is 6.02. The van der Waals surface area contributed by atoms with Gasteiger partial charge in [0.2, 0.25) is 17.7 Å². The number of allylic oxidation sites excluding steroid dienone is 11. The maximum atomic E-state index is 12.8. The lowest BCUT2D eigenvalue weighted by molar-refractivity contribution is -0.137. The minimum atomic E-state index is -0.342. The Morgan fingerprint density at radius 2 is 1.82 bits per heavy atom. The number of amides is 3. The van der Waals surface area contributed by atoms with Crippen molar-refractivity contribution in [2.45, 2.75) is 52.0 Å². The lowest BCUT2D eigenvalue weighted by atomic mass is 10.1. The Hall–Kier alpha value is -3.10. The van der Waals surface area contributed by atoms with Gasteiger partial charge >= 0.3 is 0 Å². The van der Waals surface area contributed by atoms with Crippen LogP contribution in [-0.4, -0.2) is 68.5 Å². The third-order valence-electron chi connectivity index (χ3n) is 6.18. The van der Waals surface area contributed by atoms with Crippen LogP contribution in [0.25, 0.3) is 0 Å². The number of nitrogens with one attached hydrogen (secondary N) is 3. The molecular weight excluding hydrogens is 516 g/mol. The summed E-state index contributed by atoms with van der Waals surface area (Å²) in [4.78, 5) is 38.4. The van der Waals surface area contributed by atoms with Crippen LogP contribution in [0, 0.1) is 5.92 Å². The van der Waals surface area contributed by atoms with Gasteiger partial charge in [0.05, 0.1) is 19.1 Å². The Labute approximate surface area is 237 Å². The Morgan fingerprint density at radius 3 is 2.54 bits per heavy atom. The molecule has 8 nitrogen and oxygen atoms in total. The van der Waals surface area contributed by atoms with Crippen molar-refractivity contribution in [3.63, 3.8) is 0 Å². The summed E-state index contributed by atoms with van der Waals surface area (Å²) in [6.45, 7) is 5.26. The van der Waals surface area contributed by atoms with Gasteiger partial charge in [-0.25, -0.2) is 0 Å². The van der Waals surface area contributed by atoms with Crippen molar-refractivity contribution in [1.82, 2.24) is 20.9 Å². The average molecular weight is 559 g/mol. The molecule has 1 aliphatic heterocycles. The number of hydrogen-bond acceptors (Lipinski definition) is 5. The van der Waals surface area contributed by atoms with E-state index >= 15 is 0 Å². The summed E-state index contributed by atoms with van der Waals surface area (Å²) >= 11 is 5.68. The molecule has 0 aromatic rings. The SMILES string of the molecule is CN1CC(=O)NCC(=O)NCCCC2=C(C=CCC=C2)OCCNC(C2CC2)C1=O.C\C=C/C(Cl)=C\C=C\C. The fourth-order valence-corrected chi connectivity index (χ4v) is 4.20. The van der Waals surface area contributed by atoms with Crippen LogP contribution in [-0.2, 0) is 19.1 Å². The minimum absolute atomic E-state index is 0.0686. The van der Waals surface area contributed by atoms with E-state index < -0.39 is 0 Å². The molecule has 39 heavy (non-hydrogen) atoms. The Kier molecular flexibility index (Phi) is 15.0. The molecule has 1 heterocycles. The summed E-state index contributed by atoms with van der Waals surface area (Å²) in [5, 5.41) is 9.49. The van der Waals surface area contributed by atoms with Crippen molar-refractivity contribution in [3.8, 4) is 0 Å². The van der Waals surface area contributed by atoms with E-state index in [2.05, 4.69) is 34.2 Å². The Bertz CT molecular complexity index is 1010. The zero-order chi connectivity index (χ0) is 28.5. The lowest BCUT2D eigenvalue weighted by Crippen LogP contribution is -2.50. The molecule has 0 saturated heterocycles. The van der Waals surface area contributed by atoms with E-state index in [1.165, 1.54) is 4.90 Å². The molecule has 1 atom stereocenters. The van der Waals surface area contributed by atoms with Gasteiger partial charge in [-0.15, -0.1) is 0 Å².